The topological polar surface area (TPSA) is 75.0 Å². The summed E-state index contributed by atoms with van der Waals surface area (Å²) in [6.07, 6.45) is 4.19. The van der Waals surface area contributed by atoms with E-state index in [2.05, 4.69) is 0 Å². The normalized spacial score (nSPS) is 11.3. The van der Waals surface area contributed by atoms with Gasteiger partial charge in [0.2, 0.25) is 5.88 Å². The van der Waals surface area contributed by atoms with Gasteiger partial charge in [0, 0.05) is 36.8 Å². The van der Waals surface area contributed by atoms with E-state index in [1.54, 1.807) is 44.2 Å². The molecule has 38 heavy (non-hydrogen) atoms. The Hall–Kier alpha value is -4.30. The van der Waals surface area contributed by atoms with Crippen molar-refractivity contribution < 1.29 is 28.4 Å². The number of aromatic nitrogens is 2. The molecular weight excluding hydrogens is 487 g/mol. The van der Waals surface area contributed by atoms with E-state index in [0.29, 0.717) is 47.4 Å². The molecule has 0 aliphatic heterocycles. The third-order valence-corrected chi connectivity index (χ3v) is 6.53. The van der Waals surface area contributed by atoms with Crippen molar-refractivity contribution in [1.29, 1.82) is 0 Å². The van der Waals surface area contributed by atoms with Crippen LogP contribution in [0.15, 0.2) is 67.0 Å². The van der Waals surface area contributed by atoms with E-state index in [1.807, 2.05) is 36.5 Å². The predicted octanol–water partition coefficient (Wildman–Crippen LogP) is 5.87. The van der Waals surface area contributed by atoms with Crippen LogP contribution in [0.4, 0.5) is 4.39 Å². The molecule has 0 saturated carbocycles. The molecule has 2 aromatic heterocycles. The van der Waals surface area contributed by atoms with Crippen LogP contribution in [0.1, 0.15) is 16.7 Å². The summed E-state index contributed by atoms with van der Waals surface area (Å²) < 4.78 is 37.8. The molecule has 0 unspecified atom stereocenters. The van der Waals surface area contributed by atoms with Crippen LogP contribution in [0.2, 0.25) is 0 Å². The maximum atomic E-state index is 13.4. The monoisotopic (exact) mass is 516 g/mol. The minimum atomic E-state index is -0.272. The molecule has 0 radical (unpaired) electrons. The zero-order valence-corrected chi connectivity index (χ0v) is 21.5. The Balaban J connectivity index is 1.63. The van der Waals surface area contributed by atoms with Gasteiger partial charge in [-0.25, -0.2) is 4.39 Å². The molecule has 8 heteroatoms. The molecule has 196 valence electrons. The summed E-state index contributed by atoms with van der Waals surface area (Å²) in [6, 6.07) is 16.0. The first-order valence-electron chi connectivity index (χ1n) is 12.2. The maximum absolute atomic E-state index is 13.4. The molecular formula is C30H29FN2O5. The highest BCUT2D eigenvalue weighted by atomic mass is 19.1. The molecule has 5 aromatic rings. The lowest BCUT2D eigenvalue weighted by Crippen LogP contribution is -2.02. The van der Waals surface area contributed by atoms with Crippen molar-refractivity contribution in [3.63, 3.8) is 0 Å². The third kappa shape index (κ3) is 4.95. The number of hydrogen-bond acceptors (Lipinski definition) is 6. The van der Waals surface area contributed by atoms with Gasteiger partial charge in [-0.05, 0) is 53.4 Å². The van der Waals surface area contributed by atoms with Crippen LogP contribution in [-0.4, -0.2) is 42.6 Å². The Kier molecular flexibility index (Phi) is 7.33. The summed E-state index contributed by atoms with van der Waals surface area (Å²) in [4.78, 5) is 4.76. The molecule has 0 amide bonds. The molecule has 0 saturated heterocycles. The Labute approximate surface area is 220 Å². The number of hydrogen-bond donors (Lipinski definition) is 1. The number of aromatic hydroxyl groups is 1. The van der Waals surface area contributed by atoms with Gasteiger partial charge in [0.1, 0.15) is 29.4 Å². The van der Waals surface area contributed by atoms with Gasteiger partial charge in [-0.1, -0.05) is 24.3 Å². The summed E-state index contributed by atoms with van der Waals surface area (Å²) in [6.45, 7) is 1.15. The minimum absolute atomic E-state index is 0.0548. The molecule has 7 nitrogen and oxygen atoms in total. The van der Waals surface area contributed by atoms with Gasteiger partial charge in [0.15, 0.2) is 5.75 Å². The van der Waals surface area contributed by atoms with Gasteiger partial charge in [0.05, 0.1) is 26.2 Å². The Bertz CT molecular complexity index is 1560. The SMILES string of the molecule is COCCn1cc2c(OC)c3cc(Cc4ccc(F)cc4)cnc3c(OCc3ccc(OC)cc3)c2c1O. The fraction of sp³-hybridized carbons (Fsp3) is 0.233. The van der Waals surface area contributed by atoms with Crippen LogP contribution in [0.3, 0.4) is 0 Å². The zero-order chi connectivity index (χ0) is 26.6. The molecule has 0 spiro atoms. The van der Waals surface area contributed by atoms with E-state index in [0.717, 1.165) is 27.8 Å². The molecule has 5 rings (SSSR count). The summed E-state index contributed by atoms with van der Waals surface area (Å²) in [5.74, 6) is 1.60. The molecule has 3 aromatic carbocycles. The Morgan fingerprint density at radius 1 is 0.868 bits per heavy atom. The third-order valence-electron chi connectivity index (χ3n) is 6.53. The number of rotatable bonds is 10. The van der Waals surface area contributed by atoms with E-state index in [1.165, 1.54) is 12.1 Å². The van der Waals surface area contributed by atoms with Gasteiger partial charge >= 0.3 is 0 Å². The van der Waals surface area contributed by atoms with E-state index < -0.39 is 0 Å². The zero-order valence-electron chi connectivity index (χ0n) is 21.5. The van der Waals surface area contributed by atoms with Crippen molar-refractivity contribution in [3.05, 3.63) is 89.5 Å². The number of methoxy groups -OCH3 is 3. The Morgan fingerprint density at radius 3 is 2.29 bits per heavy atom. The fourth-order valence-corrected chi connectivity index (χ4v) is 4.60. The highest BCUT2D eigenvalue weighted by molar-refractivity contribution is 6.12. The van der Waals surface area contributed by atoms with Crippen molar-refractivity contribution >= 4 is 21.7 Å². The van der Waals surface area contributed by atoms with E-state index >= 15 is 0 Å². The Morgan fingerprint density at radius 2 is 1.61 bits per heavy atom. The maximum Gasteiger partial charge on any atom is 0.203 e. The van der Waals surface area contributed by atoms with Crippen LogP contribution in [-0.2, 0) is 24.3 Å². The van der Waals surface area contributed by atoms with Gasteiger partial charge < -0.3 is 28.6 Å². The van der Waals surface area contributed by atoms with Crippen LogP contribution in [0.5, 0.6) is 23.1 Å². The second-order valence-corrected chi connectivity index (χ2v) is 8.97. The van der Waals surface area contributed by atoms with Gasteiger partial charge in [-0.3, -0.25) is 4.98 Å². The van der Waals surface area contributed by atoms with Gasteiger partial charge in [-0.15, -0.1) is 0 Å². The number of ether oxygens (including phenoxy) is 4. The number of nitrogens with zero attached hydrogens (tertiary/aromatic N) is 2. The minimum Gasteiger partial charge on any atom is -0.497 e. The number of fused-ring (bicyclic) bond motifs is 2. The summed E-state index contributed by atoms with van der Waals surface area (Å²) in [7, 11) is 4.84. The first-order chi connectivity index (χ1) is 18.5. The molecule has 1 N–H and O–H groups in total. The van der Waals surface area contributed by atoms with Crippen molar-refractivity contribution in [3.8, 4) is 23.1 Å². The smallest absolute Gasteiger partial charge is 0.203 e. The van der Waals surface area contributed by atoms with Gasteiger partial charge in [-0.2, -0.15) is 0 Å². The first kappa shape index (κ1) is 25.4. The predicted molar refractivity (Wildman–Crippen MR) is 144 cm³/mol. The van der Waals surface area contributed by atoms with Crippen LogP contribution < -0.4 is 14.2 Å². The fourth-order valence-electron chi connectivity index (χ4n) is 4.60. The quantitative estimate of drug-likeness (QED) is 0.250. The molecule has 0 aliphatic rings. The van der Waals surface area contributed by atoms with Crippen LogP contribution >= 0.6 is 0 Å². The van der Waals surface area contributed by atoms with Crippen LogP contribution in [0.25, 0.3) is 21.7 Å². The van der Waals surface area contributed by atoms with Crippen LogP contribution in [0, 0.1) is 5.82 Å². The number of pyridine rings is 1. The summed E-state index contributed by atoms with van der Waals surface area (Å²) >= 11 is 0. The standard InChI is InChI=1S/C30H29FN2O5/c1-35-13-12-33-17-25-26(30(33)34)29(38-18-20-6-10-23(36-2)11-7-20)27-24(28(25)37-3)15-21(16-32-27)14-19-4-8-22(31)9-5-19/h4-11,15-17,34H,12-14,18H2,1-3H3. The van der Waals surface area contributed by atoms with E-state index in [9.17, 15) is 9.50 Å². The largest absolute Gasteiger partial charge is 0.497 e. The van der Waals surface area contributed by atoms with Crippen molar-refractivity contribution in [2.75, 3.05) is 27.9 Å². The average Bonchev–Trinajstić information content (AvgIpc) is 3.27. The number of benzene rings is 3. The van der Waals surface area contributed by atoms with E-state index in [4.69, 9.17) is 23.9 Å². The van der Waals surface area contributed by atoms with Crippen molar-refractivity contribution in [2.45, 2.75) is 19.6 Å². The second kappa shape index (κ2) is 11.0. The second-order valence-electron chi connectivity index (χ2n) is 8.97. The number of halogens is 1. The highest BCUT2D eigenvalue weighted by Crippen LogP contribution is 2.47. The lowest BCUT2D eigenvalue weighted by Gasteiger charge is -2.15. The lowest BCUT2D eigenvalue weighted by molar-refractivity contribution is 0.184. The first-order valence-corrected chi connectivity index (χ1v) is 12.2. The van der Waals surface area contributed by atoms with Crippen molar-refractivity contribution in [1.82, 2.24) is 9.55 Å². The molecule has 0 atom stereocenters. The molecule has 0 aliphatic carbocycles. The molecule has 2 heterocycles. The molecule has 0 fully saturated rings. The highest BCUT2D eigenvalue weighted by Gasteiger charge is 2.23. The summed E-state index contributed by atoms with van der Waals surface area (Å²) in [5, 5.41) is 13.2. The van der Waals surface area contributed by atoms with Gasteiger partial charge in [0.25, 0.3) is 0 Å². The van der Waals surface area contributed by atoms with Crippen molar-refractivity contribution in [2.24, 2.45) is 0 Å². The van der Waals surface area contributed by atoms with E-state index in [-0.39, 0.29) is 18.3 Å². The lowest BCUT2D eigenvalue weighted by atomic mass is 10.0. The molecule has 0 bridgehead atoms. The average molecular weight is 517 g/mol. The summed E-state index contributed by atoms with van der Waals surface area (Å²) in [5.41, 5.74) is 3.41.